The monoisotopic (exact) mass is 670 g/mol. The molecule has 0 bridgehead atoms. The van der Waals surface area contributed by atoms with Gasteiger partial charge in [0.25, 0.3) is 0 Å². The molecule has 1 heterocycles. The summed E-state index contributed by atoms with van der Waals surface area (Å²) in [6, 6.07) is 56.9. The fourth-order valence-electron chi connectivity index (χ4n) is 9.49. The van der Waals surface area contributed by atoms with Crippen molar-refractivity contribution in [3.63, 3.8) is 0 Å². The van der Waals surface area contributed by atoms with Crippen LogP contribution < -0.4 is 4.90 Å². The first-order valence-electron chi connectivity index (χ1n) is 18.7. The van der Waals surface area contributed by atoms with E-state index in [4.69, 9.17) is 0 Å². The van der Waals surface area contributed by atoms with Crippen molar-refractivity contribution in [1.82, 2.24) is 4.57 Å². The summed E-state index contributed by atoms with van der Waals surface area (Å²) >= 11 is 0. The predicted molar refractivity (Wildman–Crippen MR) is 220 cm³/mol. The zero-order chi connectivity index (χ0) is 35.4. The zero-order valence-corrected chi connectivity index (χ0v) is 30.5. The van der Waals surface area contributed by atoms with Crippen LogP contribution in [0.15, 0.2) is 152 Å². The Morgan fingerprint density at radius 2 is 0.904 bits per heavy atom. The summed E-state index contributed by atoms with van der Waals surface area (Å²) in [4.78, 5) is 2.46. The SMILES string of the molecule is CCn1c2ccccc2c2cc(-c3ccc(N(c4ccc5c(c4)C(C)(C)c4ccccc4-5)c4ccc5c(c4)C(C)(C)c4ccccc4-5)cc3)ccc21. The highest BCUT2D eigenvalue weighted by Gasteiger charge is 2.37. The fourth-order valence-corrected chi connectivity index (χ4v) is 9.49. The van der Waals surface area contributed by atoms with E-state index in [1.807, 2.05) is 0 Å². The highest BCUT2D eigenvalue weighted by molar-refractivity contribution is 6.09. The number of aromatic nitrogens is 1. The van der Waals surface area contributed by atoms with Crippen molar-refractivity contribution in [3.8, 4) is 33.4 Å². The van der Waals surface area contributed by atoms with Crippen molar-refractivity contribution in [3.05, 3.63) is 174 Å². The lowest BCUT2D eigenvalue weighted by Gasteiger charge is -2.30. The first-order valence-corrected chi connectivity index (χ1v) is 18.7. The lowest BCUT2D eigenvalue weighted by molar-refractivity contribution is 0.660. The minimum Gasteiger partial charge on any atom is -0.341 e. The van der Waals surface area contributed by atoms with Crippen molar-refractivity contribution >= 4 is 38.9 Å². The molecule has 1 aromatic heterocycles. The van der Waals surface area contributed by atoms with Gasteiger partial charge in [0.15, 0.2) is 0 Å². The van der Waals surface area contributed by atoms with Gasteiger partial charge in [0, 0.05) is 56.2 Å². The largest absolute Gasteiger partial charge is 0.341 e. The average Bonchev–Trinajstić information content (AvgIpc) is 3.71. The van der Waals surface area contributed by atoms with E-state index >= 15 is 0 Å². The molecule has 52 heavy (non-hydrogen) atoms. The Morgan fingerprint density at radius 1 is 0.423 bits per heavy atom. The van der Waals surface area contributed by atoms with Crippen LogP contribution >= 0.6 is 0 Å². The fraction of sp³-hybridized carbons (Fsp3) is 0.160. The summed E-state index contributed by atoms with van der Waals surface area (Å²) in [5, 5.41) is 2.62. The molecule has 0 amide bonds. The predicted octanol–water partition coefficient (Wildman–Crippen LogP) is 13.6. The number of anilines is 3. The minimum absolute atomic E-state index is 0.0847. The Balaban J connectivity index is 1.11. The van der Waals surface area contributed by atoms with Gasteiger partial charge >= 0.3 is 0 Å². The van der Waals surface area contributed by atoms with Gasteiger partial charge in [-0.1, -0.05) is 125 Å². The molecule has 0 atom stereocenters. The summed E-state index contributed by atoms with van der Waals surface area (Å²) in [7, 11) is 0. The van der Waals surface area contributed by atoms with Crippen LogP contribution in [-0.4, -0.2) is 4.57 Å². The van der Waals surface area contributed by atoms with Crippen molar-refractivity contribution < 1.29 is 0 Å². The summed E-state index contributed by atoms with van der Waals surface area (Å²) in [6.07, 6.45) is 0. The second kappa shape index (κ2) is 11.1. The second-order valence-electron chi connectivity index (χ2n) is 15.7. The third-order valence-electron chi connectivity index (χ3n) is 12.2. The summed E-state index contributed by atoms with van der Waals surface area (Å²) < 4.78 is 2.42. The molecule has 2 nitrogen and oxygen atoms in total. The third kappa shape index (κ3) is 4.30. The molecule has 10 rings (SSSR count). The first kappa shape index (κ1) is 30.9. The lowest BCUT2D eigenvalue weighted by atomic mass is 9.82. The second-order valence-corrected chi connectivity index (χ2v) is 15.7. The number of benzene rings is 7. The summed E-state index contributed by atoms with van der Waals surface area (Å²) in [5.41, 5.74) is 19.3. The van der Waals surface area contributed by atoms with E-state index < -0.39 is 0 Å². The number of hydrogen-bond acceptors (Lipinski definition) is 1. The molecule has 2 aliphatic rings. The number of nitrogens with zero attached hydrogens (tertiary/aromatic N) is 2. The number of aryl methyl sites for hydroxylation is 1. The van der Waals surface area contributed by atoms with Crippen molar-refractivity contribution in [2.24, 2.45) is 0 Å². The molecule has 0 fully saturated rings. The molecule has 0 saturated carbocycles. The molecule has 252 valence electrons. The maximum absolute atomic E-state index is 2.46. The molecule has 0 N–H and O–H groups in total. The van der Waals surface area contributed by atoms with Crippen LogP contribution in [0.4, 0.5) is 17.1 Å². The Bertz CT molecular complexity index is 2610. The van der Waals surface area contributed by atoms with E-state index in [2.05, 4.69) is 196 Å². The van der Waals surface area contributed by atoms with Gasteiger partial charge in [0.2, 0.25) is 0 Å². The van der Waals surface area contributed by atoms with Crippen LogP contribution in [0.2, 0.25) is 0 Å². The van der Waals surface area contributed by atoms with Gasteiger partial charge < -0.3 is 9.47 Å². The highest BCUT2D eigenvalue weighted by atomic mass is 15.1. The maximum Gasteiger partial charge on any atom is 0.0491 e. The van der Waals surface area contributed by atoms with E-state index in [1.165, 1.54) is 88.8 Å². The van der Waals surface area contributed by atoms with Gasteiger partial charge in [-0.05, 0) is 117 Å². The lowest BCUT2D eigenvalue weighted by Crippen LogP contribution is -2.18. The van der Waals surface area contributed by atoms with Gasteiger partial charge in [0.1, 0.15) is 0 Å². The molecule has 0 spiro atoms. The molecular formula is C50H42N2. The van der Waals surface area contributed by atoms with E-state index in [9.17, 15) is 0 Å². The Hall–Kier alpha value is -5.86. The number of rotatable bonds is 5. The van der Waals surface area contributed by atoms with E-state index in [0.717, 1.165) is 12.2 Å². The minimum atomic E-state index is -0.0847. The van der Waals surface area contributed by atoms with Crippen LogP contribution in [-0.2, 0) is 17.4 Å². The molecule has 0 saturated heterocycles. The van der Waals surface area contributed by atoms with Crippen LogP contribution in [0, 0.1) is 0 Å². The Labute approximate surface area is 306 Å². The van der Waals surface area contributed by atoms with Crippen LogP contribution in [0.5, 0.6) is 0 Å². The molecule has 0 aliphatic heterocycles. The normalized spacial score (nSPS) is 14.6. The van der Waals surface area contributed by atoms with Crippen LogP contribution in [0.3, 0.4) is 0 Å². The average molecular weight is 671 g/mol. The summed E-state index contributed by atoms with van der Waals surface area (Å²) in [5.74, 6) is 0. The molecule has 7 aromatic carbocycles. The Kier molecular flexibility index (Phi) is 6.58. The van der Waals surface area contributed by atoms with Gasteiger partial charge in [-0.25, -0.2) is 0 Å². The van der Waals surface area contributed by atoms with E-state index in [0.29, 0.717) is 0 Å². The van der Waals surface area contributed by atoms with Crippen molar-refractivity contribution in [2.45, 2.75) is 52.0 Å². The van der Waals surface area contributed by atoms with Gasteiger partial charge in [-0.15, -0.1) is 0 Å². The van der Waals surface area contributed by atoms with Crippen molar-refractivity contribution in [2.75, 3.05) is 4.90 Å². The van der Waals surface area contributed by atoms with Gasteiger partial charge in [-0.3, -0.25) is 0 Å². The highest BCUT2D eigenvalue weighted by Crippen LogP contribution is 2.53. The molecule has 2 heteroatoms. The standard InChI is InChI=1S/C50H42N2/c1-6-51-47-18-12-9-15-41(47)42-29-33(21-28-48(42)51)32-19-22-34(23-20-32)52(35-24-26-39-37-13-7-10-16-43(37)49(2,3)45(39)30-35)36-25-27-40-38-14-8-11-17-44(38)50(4,5)46(40)31-36/h7-31H,6H2,1-5H3. The number of para-hydroxylation sites is 1. The molecule has 0 radical (unpaired) electrons. The smallest absolute Gasteiger partial charge is 0.0491 e. The molecular weight excluding hydrogens is 629 g/mol. The first-order chi connectivity index (χ1) is 25.3. The summed E-state index contributed by atoms with van der Waals surface area (Å²) in [6.45, 7) is 12.6. The van der Waals surface area contributed by atoms with Crippen LogP contribution in [0.25, 0.3) is 55.2 Å². The van der Waals surface area contributed by atoms with E-state index in [-0.39, 0.29) is 10.8 Å². The molecule has 8 aromatic rings. The molecule has 0 unspecified atom stereocenters. The molecule has 2 aliphatic carbocycles. The zero-order valence-electron chi connectivity index (χ0n) is 30.5. The Morgan fingerprint density at radius 3 is 1.50 bits per heavy atom. The number of hydrogen-bond donors (Lipinski definition) is 0. The number of fused-ring (bicyclic) bond motifs is 9. The maximum atomic E-state index is 2.46. The quantitative estimate of drug-likeness (QED) is 0.177. The van der Waals surface area contributed by atoms with Gasteiger partial charge in [0.05, 0.1) is 0 Å². The van der Waals surface area contributed by atoms with Gasteiger partial charge in [-0.2, -0.15) is 0 Å². The van der Waals surface area contributed by atoms with Crippen LogP contribution in [0.1, 0.15) is 56.9 Å². The van der Waals surface area contributed by atoms with E-state index in [1.54, 1.807) is 0 Å². The topological polar surface area (TPSA) is 8.17 Å². The third-order valence-corrected chi connectivity index (χ3v) is 12.2. The van der Waals surface area contributed by atoms with Crippen molar-refractivity contribution in [1.29, 1.82) is 0 Å².